The van der Waals surface area contributed by atoms with Gasteiger partial charge in [0.2, 0.25) is 5.88 Å². The summed E-state index contributed by atoms with van der Waals surface area (Å²) in [5.74, 6) is -1.08. The Labute approximate surface area is 121 Å². The fourth-order valence-electron chi connectivity index (χ4n) is 1.63. The molecule has 0 saturated heterocycles. The van der Waals surface area contributed by atoms with Gasteiger partial charge >= 0.3 is 5.97 Å². The van der Waals surface area contributed by atoms with Crippen molar-refractivity contribution in [2.75, 3.05) is 11.8 Å². The molecule has 0 unspecified atom stereocenters. The Morgan fingerprint density at radius 1 is 1.29 bits per heavy atom. The molecule has 1 aromatic carbocycles. The number of carboxylic acid groups (broad SMARTS) is 1. The third kappa shape index (κ3) is 3.29. The number of anilines is 1. The van der Waals surface area contributed by atoms with Crippen LogP contribution in [0.1, 0.15) is 10.4 Å². The second-order valence-corrected chi connectivity index (χ2v) is 5.68. The van der Waals surface area contributed by atoms with E-state index in [0.717, 1.165) is 6.07 Å². The molecule has 0 spiro atoms. The number of carboxylic acids is 1. The number of ether oxygens (including phenoxy) is 1. The number of nitrogens with one attached hydrogen (secondary N) is 1. The number of aromatic nitrogens is 1. The van der Waals surface area contributed by atoms with Gasteiger partial charge in [-0.05, 0) is 30.3 Å². The van der Waals surface area contributed by atoms with Crippen LogP contribution in [0.25, 0.3) is 0 Å². The third-order valence-electron chi connectivity index (χ3n) is 2.60. The molecule has 0 fully saturated rings. The van der Waals surface area contributed by atoms with Crippen LogP contribution in [-0.4, -0.2) is 31.6 Å². The van der Waals surface area contributed by atoms with Crippen LogP contribution in [0, 0.1) is 0 Å². The summed E-state index contributed by atoms with van der Waals surface area (Å²) in [5.41, 5.74) is 0.0526. The zero-order valence-electron chi connectivity index (χ0n) is 11.0. The summed E-state index contributed by atoms with van der Waals surface area (Å²) in [7, 11) is -2.57. The van der Waals surface area contributed by atoms with Crippen molar-refractivity contribution in [2.24, 2.45) is 0 Å². The maximum Gasteiger partial charge on any atom is 0.335 e. The zero-order chi connectivity index (χ0) is 15.5. The van der Waals surface area contributed by atoms with Crippen molar-refractivity contribution in [2.45, 2.75) is 4.90 Å². The minimum atomic E-state index is -3.94. The zero-order valence-corrected chi connectivity index (χ0v) is 11.8. The van der Waals surface area contributed by atoms with Crippen molar-refractivity contribution >= 4 is 21.7 Å². The van der Waals surface area contributed by atoms with Crippen LogP contribution in [0.4, 0.5) is 5.69 Å². The first-order chi connectivity index (χ1) is 9.94. The van der Waals surface area contributed by atoms with E-state index >= 15 is 0 Å². The van der Waals surface area contributed by atoms with Crippen LogP contribution in [0.3, 0.4) is 0 Å². The lowest BCUT2D eigenvalue weighted by Gasteiger charge is -2.10. The fourth-order valence-corrected chi connectivity index (χ4v) is 2.73. The summed E-state index contributed by atoms with van der Waals surface area (Å²) in [5, 5.41) is 8.90. The number of carbonyl (C=O) groups is 1. The third-order valence-corrected chi connectivity index (χ3v) is 3.96. The molecule has 0 aliphatic rings. The maximum absolute atomic E-state index is 12.3. The van der Waals surface area contributed by atoms with Gasteiger partial charge in [0.15, 0.2) is 0 Å². The van der Waals surface area contributed by atoms with E-state index in [2.05, 4.69) is 9.71 Å². The lowest BCUT2D eigenvalue weighted by molar-refractivity contribution is 0.0696. The predicted molar refractivity (Wildman–Crippen MR) is 75.0 cm³/mol. The number of methoxy groups -OCH3 is 1. The average molecular weight is 308 g/mol. The SMILES string of the molecule is COc1ncccc1NS(=O)(=O)c1cccc(C(=O)O)c1. The number of pyridine rings is 1. The summed E-state index contributed by atoms with van der Waals surface area (Å²) < 4.78 is 31.8. The molecule has 1 aromatic heterocycles. The van der Waals surface area contributed by atoms with E-state index < -0.39 is 16.0 Å². The van der Waals surface area contributed by atoms with Gasteiger partial charge in [-0.25, -0.2) is 18.2 Å². The molecule has 0 amide bonds. The van der Waals surface area contributed by atoms with Crippen LogP contribution < -0.4 is 9.46 Å². The van der Waals surface area contributed by atoms with Crippen LogP contribution >= 0.6 is 0 Å². The number of benzene rings is 1. The van der Waals surface area contributed by atoms with Gasteiger partial charge in [0.25, 0.3) is 10.0 Å². The van der Waals surface area contributed by atoms with Gasteiger partial charge in [-0.1, -0.05) is 6.07 Å². The lowest BCUT2D eigenvalue weighted by Crippen LogP contribution is -2.14. The first kappa shape index (κ1) is 14.8. The molecule has 2 rings (SSSR count). The maximum atomic E-state index is 12.3. The van der Waals surface area contributed by atoms with Gasteiger partial charge in [-0.2, -0.15) is 0 Å². The monoisotopic (exact) mass is 308 g/mol. The molecule has 0 aliphatic carbocycles. The molecular formula is C13H12N2O5S. The average Bonchev–Trinajstić information content (AvgIpc) is 2.47. The molecule has 0 saturated carbocycles. The number of aromatic carboxylic acids is 1. The molecule has 2 N–H and O–H groups in total. The Morgan fingerprint density at radius 3 is 2.71 bits per heavy atom. The topological polar surface area (TPSA) is 106 Å². The second kappa shape index (κ2) is 5.80. The Bertz CT molecular complexity index is 774. The highest BCUT2D eigenvalue weighted by molar-refractivity contribution is 7.92. The normalized spacial score (nSPS) is 10.9. The Kier molecular flexibility index (Phi) is 4.08. The Morgan fingerprint density at radius 2 is 2.05 bits per heavy atom. The largest absolute Gasteiger partial charge is 0.480 e. The number of hydrogen-bond acceptors (Lipinski definition) is 5. The van der Waals surface area contributed by atoms with Crippen LogP contribution in [-0.2, 0) is 10.0 Å². The summed E-state index contributed by atoms with van der Waals surface area (Å²) in [6, 6.07) is 8.09. The van der Waals surface area contributed by atoms with Crippen molar-refractivity contribution in [3.8, 4) is 5.88 Å². The number of sulfonamides is 1. The Hall–Kier alpha value is -2.61. The minimum absolute atomic E-state index is 0.115. The molecule has 0 radical (unpaired) electrons. The number of nitrogens with zero attached hydrogens (tertiary/aromatic N) is 1. The van der Waals surface area contributed by atoms with Crippen molar-refractivity contribution in [3.63, 3.8) is 0 Å². The molecule has 7 nitrogen and oxygen atoms in total. The van der Waals surface area contributed by atoms with E-state index in [-0.39, 0.29) is 22.0 Å². The molecule has 0 atom stereocenters. The van der Waals surface area contributed by atoms with Crippen molar-refractivity contribution in [1.29, 1.82) is 0 Å². The molecule has 110 valence electrons. The van der Waals surface area contributed by atoms with E-state index in [9.17, 15) is 13.2 Å². The van der Waals surface area contributed by atoms with Gasteiger partial charge in [-0.15, -0.1) is 0 Å². The van der Waals surface area contributed by atoms with Crippen LogP contribution in [0.15, 0.2) is 47.5 Å². The minimum Gasteiger partial charge on any atom is -0.480 e. The number of hydrogen-bond donors (Lipinski definition) is 2. The van der Waals surface area contributed by atoms with Crippen molar-refractivity contribution < 1.29 is 23.1 Å². The smallest absolute Gasteiger partial charge is 0.335 e. The quantitative estimate of drug-likeness (QED) is 0.869. The molecule has 21 heavy (non-hydrogen) atoms. The number of rotatable bonds is 5. The van der Waals surface area contributed by atoms with Gasteiger partial charge in [-0.3, -0.25) is 4.72 Å². The molecule has 2 aromatic rings. The predicted octanol–water partition coefficient (Wildman–Crippen LogP) is 1.59. The van der Waals surface area contributed by atoms with E-state index in [1.54, 1.807) is 6.07 Å². The van der Waals surface area contributed by atoms with E-state index in [1.165, 1.54) is 37.6 Å². The fraction of sp³-hybridized carbons (Fsp3) is 0.0769. The molecule has 0 aliphatic heterocycles. The molecule has 1 heterocycles. The first-order valence-electron chi connectivity index (χ1n) is 5.79. The summed E-state index contributed by atoms with van der Waals surface area (Å²) in [6.45, 7) is 0. The second-order valence-electron chi connectivity index (χ2n) is 4.00. The van der Waals surface area contributed by atoms with Gasteiger partial charge in [0.05, 0.1) is 17.6 Å². The van der Waals surface area contributed by atoms with E-state index in [4.69, 9.17) is 9.84 Å². The summed E-state index contributed by atoms with van der Waals surface area (Å²) in [4.78, 5) is 14.6. The molecular weight excluding hydrogens is 296 g/mol. The summed E-state index contributed by atoms with van der Waals surface area (Å²) in [6.07, 6.45) is 1.46. The van der Waals surface area contributed by atoms with Crippen LogP contribution in [0.5, 0.6) is 5.88 Å². The highest BCUT2D eigenvalue weighted by atomic mass is 32.2. The van der Waals surface area contributed by atoms with E-state index in [1.807, 2.05) is 0 Å². The summed E-state index contributed by atoms with van der Waals surface area (Å²) >= 11 is 0. The van der Waals surface area contributed by atoms with E-state index in [0.29, 0.717) is 0 Å². The Balaban J connectivity index is 2.39. The van der Waals surface area contributed by atoms with Gasteiger partial charge in [0, 0.05) is 6.20 Å². The van der Waals surface area contributed by atoms with Crippen LogP contribution in [0.2, 0.25) is 0 Å². The van der Waals surface area contributed by atoms with Gasteiger partial charge in [0.1, 0.15) is 5.69 Å². The highest BCUT2D eigenvalue weighted by Gasteiger charge is 2.18. The molecule has 8 heteroatoms. The highest BCUT2D eigenvalue weighted by Crippen LogP contribution is 2.24. The van der Waals surface area contributed by atoms with Crippen molar-refractivity contribution in [1.82, 2.24) is 4.98 Å². The van der Waals surface area contributed by atoms with Gasteiger partial charge < -0.3 is 9.84 Å². The van der Waals surface area contributed by atoms with Crippen molar-refractivity contribution in [3.05, 3.63) is 48.2 Å². The molecule has 0 bridgehead atoms. The standard InChI is InChI=1S/C13H12N2O5S/c1-20-12-11(6-3-7-14-12)15-21(18,19)10-5-2-4-9(8-10)13(16)17/h2-8,15H,1H3,(H,16,17). The first-order valence-corrected chi connectivity index (χ1v) is 7.27. The lowest BCUT2D eigenvalue weighted by atomic mass is 10.2.